The number of tetrazole rings is 1. The quantitative estimate of drug-likeness (QED) is 0.573. The minimum Gasteiger partial charge on any atom is -0.375 e. The fourth-order valence-electron chi connectivity index (χ4n) is 2.23. The molecule has 0 spiro atoms. The number of carbonyl (C=O) groups excluding carboxylic acids is 1. The summed E-state index contributed by atoms with van der Waals surface area (Å²) in [6, 6.07) is 10.2. The lowest BCUT2D eigenvalue weighted by Crippen LogP contribution is -2.29. The van der Waals surface area contributed by atoms with Crippen LogP contribution in [0.15, 0.2) is 35.5 Å². The summed E-state index contributed by atoms with van der Waals surface area (Å²) in [5.41, 5.74) is 0.975. The highest BCUT2D eigenvalue weighted by molar-refractivity contribution is 7.99. The lowest BCUT2D eigenvalue weighted by Gasteiger charge is -2.19. The molecule has 0 atom stereocenters. The fraction of sp³-hybridized carbons (Fsp3) is 0.529. The average Bonchev–Trinajstić information content (AvgIpc) is 3.06. The number of rotatable bonds is 8. The first-order valence-electron chi connectivity index (χ1n) is 8.32. The molecule has 1 aromatic carbocycles. The number of hydrogen-bond donors (Lipinski definition) is 1. The van der Waals surface area contributed by atoms with Crippen LogP contribution in [-0.4, -0.2) is 52.0 Å². The average molecular weight is 363 g/mol. The number of hydrogen-bond acceptors (Lipinski definition) is 6. The lowest BCUT2D eigenvalue weighted by atomic mass is 10.1. The van der Waals surface area contributed by atoms with Crippen LogP contribution in [0.1, 0.15) is 27.2 Å². The molecule has 0 radical (unpaired) electrons. The molecule has 1 heterocycles. The number of carbonyl (C=O) groups is 1. The number of anilines is 1. The van der Waals surface area contributed by atoms with Crippen molar-refractivity contribution < 1.29 is 4.79 Å². The lowest BCUT2D eigenvalue weighted by molar-refractivity contribution is -0.118. The molecule has 0 saturated heterocycles. The predicted octanol–water partition coefficient (Wildman–Crippen LogP) is 2.16. The number of nitrogens with zero attached hydrogens (tertiary/aromatic N) is 5. The summed E-state index contributed by atoms with van der Waals surface area (Å²) in [5, 5.41) is 15.3. The molecule has 0 aliphatic carbocycles. The van der Waals surface area contributed by atoms with Crippen LogP contribution < -0.4 is 10.2 Å². The normalized spacial score (nSPS) is 11.4. The molecule has 8 heteroatoms. The van der Waals surface area contributed by atoms with E-state index in [1.54, 1.807) is 4.68 Å². The Kier molecular flexibility index (Phi) is 6.81. The third-order valence-electron chi connectivity index (χ3n) is 3.60. The van der Waals surface area contributed by atoms with Crippen molar-refractivity contribution in [1.29, 1.82) is 0 Å². The highest BCUT2D eigenvalue weighted by Gasteiger charge is 2.20. The van der Waals surface area contributed by atoms with Gasteiger partial charge in [-0.25, -0.2) is 4.68 Å². The third kappa shape index (κ3) is 6.04. The van der Waals surface area contributed by atoms with Gasteiger partial charge < -0.3 is 10.2 Å². The van der Waals surface area contributed by atoms with Crippen molar-refractivity contribution >= 4 is 23.4 Å². The van der Waals surface area contributed by atoms with Crippen molar-refractivity contribution in [2.45, 2.75) is 37.9 Å². The van der Waals surface area contributed by atoms with E-state index in [0.717, 1.165) is 13.0 Å². The Hall–Kier alpha value is -2.09. The molecule has 1 N–H and O–H groups in total. The van der Waals surface area contributed by atoms with Gasteiger partial charge in [-0.3, -0.25) is 4.79 Å². The van der Waals surface area contributed by atoms with E-state index in [1.165, 1.54) is 17.4 Å². The van der Waals surface area contributed by atoms with Crippen molar-refractivity contribution in [3.05, 3.63) is 30.3 Å². The SMILES string of the molecule is CN(CCCNC(=O)CSc1nnnn1C(C)(C)C)c1ccccc1. The van der Waals surface area contributed by atoms with Gasteiger partial charge in [0, 0.05) is 25.8 Å². The second-order valence-electron chi connectivity index (χ2n) is 6.79. The van der Waals surface area contributed by atoms with Crippen LogP contribution in [0.25, 0.3) is 0 Å². The highest BCUT2D eigenvalue weighted by atomic mass is 32.2. The van der Waals surface area contributed by atoms with E-state index in [2.05, 4.69) is 44.9 Å². The van der Waals surface area contributed by atoms with Crippen LogP contribution in [-0.2, 0) is 10.3 Å². The maximum Gasteiger partial charge on any atom is 0.230 e. The number of thioether (sulfide) groups is 1. The van der Waals surface area contributed by atoms with Crippen molar-refractivity contribution in [2.24, 2.45) is 0 Å². The van der Waals surface area contributed by atoms with E-state index in [9.17, 15) is 4.79 Å². The zero-order chi connectivity index (χ0) is 18.3. The van der Waals surface area contributed by atoms with Crippen LogP contribution >= 0.6 is 11.8 Å². The van der Waals surface area contributed by atoms with E-state index in [0.29, 0.717) is 17.5 Å². The smallest absolute Gasteiger partial charge is 0.230 e. The Bertz CT molecular complexity index is 667. The molecule has 0 saturated carbocycles. The first-order valence-corrected chi connectivity index (χ1v) is 9.31. The molecule has 1 amide bonds. The highest BCUT2D eigenvalue weighted by Crippen LogP contribution is 2.20. The van der Waals surface area contributed by atoms with Gasteiger partial charge in [0.15, 0.2) is 0 Å². The van der Waals surface area contributed by atoms with Crippen LogP contribution in [0, 0.1) is 0 Å². The molecule has 0 aliphatic heterocycles. The zero-order valence-corrected chi connectivity index (χ0v) is 16.1. The largest absolute Gasteiger partial charge is 0.375 e. The van der Waals surface area contributed by atoms with Crippen molar-refractivity contribution in [2.75, 3.05) is 30.8 Å². The zero-order valence-electron chi connectivity index (χ0n) is 15.3. The molecule has 1 aromatic heterocycles. The molecule has 25 heavy (non-hydrogen) atoms. The monoisotopic (exact) mass is 362 g/mol. The van der Waals surface area contributed by atoms with Crippen molar-refractivity contribution in [3.8, 4) is 0 Å². The van der Waals surface area contributed by atoms with Crippen LogP contribution in [0.5, 0.6) is 0 Å². The summed E-state index contributed by atoms with van der Waals surface area (Å²) in [6.07, 6.45) is 0.890. The van der Waals surface area contributed by atoms with E-state index >= 15 is 0 Å². The second kappa shape index (κ2) is 8.84. The van der Waals surface area contributed by atoms with Crippen LogP contribution in [0.2, 0.25) is 0 Å². The Balaban J connectivity index is 1.67. The number of aromatic nitrogens is 4. The van der Waals surface area contributed by atoms with Crippen LogP contribution in [0.4, 0.5) is 5.69 Å². The van der Waals surface area contributed by atoms with Gasteiger partial charge >= 0.3 is 0 Å². The first-order chi connectivity index (χ1) is 11.9. The second-order valence-corrected chi connectivity index (χ2v) is 7.74. The molecule has 2 rings (SSSR count). The predicted molar refractivity (Wildman–Crippen MR) is 101 cm³/mol. The topological polar surface area (TPSA) is 75.9 Å². The molecule has 0 bridgehead atoms. The van der Waals surface area contributed by atoms with E-state index in [4.69, 9.17) is 0 Å². The Morgan fingerprint density at radius 1 is 1.28 bits per heavy atom. The van der Waals surface area contributed by atoms with Crippen molar-refractivity contribution in [3.63, 3.8) is 0 Å². The third-order valence-corrected chi connectivity index (χ3v) is 4.52. The summed E-state index contributed by atoms with van der Waals surface area (Å²) in [5.74, 6) is 0.307. The van der Waals surface area contributed by atoms with Gasteiger partial charge in [-0.05, 0) is 49.8 Å². The summed E-state index contributed by atoms with van der Waals surface area (Å²) < 4.78 is 1.74. The van der Waals surface area contributed by atoms with Gasteiger partial charge in [-0.2, -0.15) is 0 Å². The summed E-state index contributed by atoms with van der Waals surface area (Å²) in [4.78, 5) is 14.2. The molecule has 0 aliphatic rings. The summed E-state index contributed by atoms with van der Waals surface area (Å²) in [7, 11) is 2.05. The van der Waals surface area contributed by atoms with E-state index in [-0.39, 0.29) is 11.4 Å². The van der Waals surface area contributed by atoms with Crippen molar-refractivity contribution in [1.82, 2.24) is 25.5 Å². The molecule has 2 aromatic rings. The number of benzene rings is 1. The molecule has 136 valence electrons. The maximum atomic E-state index is 12.0. The van der Waals surface area contributed by atoms with Gasteiger partial charge in [0.2, 0.25) is 11.1 Å². The minimum atomic E-state index is -0.204. The van der Waals surface area contributed by atoms with Gasteiger partial charge in [0.25, 0.3) is 0 Å². The number of nitrogens with one attached hydrogen (secondary N) is 1. The molecular formula is C17H26N6OS. The van der Waals surface area contributed by atoms with Crippen LogP contribution in [0.3, 0.4) is 0 Å². The fourth-order valence-corrected chi connectivity index (χ4v) is 3.12. The maximum absolute atomic E-state index is 12.0. The summed E-state index contributed by atoms with van der Waals surface area (Å²) in [6.45, 7) is 7.62. The minimum absolute atomic E-state index is 0.00387. The Morgan fingerprint density at radius 3 is 2.68 bits per heavy atom. The molecule has 0 fully saturated rings. The molecule has 0 unspecified atom stereocenters. The molecular weight excluding hydrogens is 336 g/mol. The van der Waals surface area contributed by atoms with Gasteiger partial charge in [0.1, 0.15) is 0 Å². The van der Waals surface area contributed by atoms with E-state index < -0.39 is 0 Å². The standard InChI is InChI=1S/C17H26N6OS/c1-17(2,3)23-16(19-20-21-23)25-13-15(24)18-11-8-12-22(4)14-9-6-5-7-10-14/h5-7,9-10H,8,11-13H2,1-4H3,(H,18,24). The van der Waals surface area contributed by atoms with Gasteiger partial charge in [0.05, 0.1) is 11.3 Å². The Morgan fingerprint density at radius 2 is 2.00 bits per heavy atom. The first kappa shape index (κ1) is 19.2. The van der Waals surface area contributed by atoms with Gasteiger partial charge in [-0.15, -0.1) is 5.10 Å². The summed E-state index contributed by atoms with van der Waals surface area (Å²) >= 11 is 1.35. The molecule has 7 nitrogen and oxygen atoms in total. The number of para-hydroxylation sites is 1. The van der Waals surface area contributed by atoms with E-state index in [1.807, 2.05) is 39.0 Å². The van der Waals surface area contributed by atoms with Gasteiger partial charge in [-0.1, -0.05) is 30.0 Å². The Labute approximate surface area is 153 Å². The number of amides is 1.